The largest absolute Gasteiger partial charge is 0.459 e. The van der Waals surface area contributed by atoms with Crippen LogP contribution in [0.1, 0.15) is 6.42 Å². The third-order valence-corrected chi connectivity index (χ3v) is 4.16. The second kappa shape index (κ2) is 4.96. The van der Waals surface area contributed by atoms with Gasteiger partial charge in [-0.3, -0.25) is 0 Å². The standard InChI is InChI=1S/C15H16O6/c16-14(20-6-10-4-18-10)12-8-1-2-9(3-8)13(12)15(17)21-7-11-5-19-11/h1-2,8-11H,3-7H2. The highest BCUT2D eigenvalue weighted by Crippen LogP contribution is 2.44. The average molecular weight is 292 g/mol. The van der Waals surface area contributed by atoms with E-state index in [1.165, 1.54) is 0 Å². The molecule has 2 aliphatic carbocycles. The Morgan fingerprint density at radius 1 is 0.952 bits per heavy atom. The van der Waals surface area contributed by atoms with Gasteiger partial charge < -0.3 is 18.9 Å². The second-order valence-electron chi connectivity index (χ2n) is 5.77. The van der Waals surface area contributed by atoms with Gasteiger partial charge in [-0.1, -0.05) is 12.2 Å². The molecule has 0 saturated carbocycles. The molecule has 112 valence electrons. The predicted molar refractivity (Wildman–Crippen MR) is 69.2 cm³/mol. The van der Waals surface area contributed by atoms with Crippen LogP contribution >= 0.6 is 0 Å². The van der Waals surface area contributed by atoms with E-state index in [0.717, 1.165) is 6.42 Å². The lowest BCUT2D eigenvalue weighted by Gasteiger charge is -2.14. The molecule has 2 heterocycles. The zero-order chi connectivity index (χ0) is 14.4. The molecular formula is C15H16O6. The Morgan fingerprint density at radius 3 is 1.76 bits per heavy atom. The number of carbonyl (C=O) groups is 2. The number of carbonyl (C=O) groups excluding carboxylic acids is 2. The summed E-state index contributed by atoms with van der Waals surface area (Å²) in [6.07, 6.45) is 4.73. The van der Waals surface area contributed by atoms with Crippen molar-refractivity contribution < 1.29 is 28.5 Å². The lowest BCUT2D eigenvalue weighted by molar-refractivity contribution is -0.143. The van der Waals surface area contributed by atoms with Crippen molar-refractivity contribution in [3.8, 4) is 0 Å². The normalized spacial score (nSPS) is 35.0. The van der Waals surface area contributed by atoms with E-state index in [1.54, 1.807) is 0 Å². The minimum Gasteiger partial charge on any atom is -0.459 e. The molecule has 21 heavy (non-hydrogen) atoms. The first-order valence-corrected chi connectivity index (χ1v) is 7.22. The van der Waals surface area contributed by atoms with E-state index in [9.17, 15) is 9.59 Å². The zero-order valence-electron chi connectivity index (χ0n) is 11.4. The van der Waals surface area contributed by atoms with Crippen LogP contribution in [-0.2, 0) is 28.5 Å². The fraction of sp³-hybridized carbons (Fsp3) is 0.600. The lowest BCUT2D eigenvalue weighted by Crippen LogP contribution is -2.21. The van der Waals surface area contributed by atoms with Gasteiger partial charge in [0, 0.05) is 11.8 Å². The summed E-state index contributed by atoms with van der Waals surface area (Å²) >= 11 is 0. The van der Waals surface area contributed by atoms with Gasteiger partial charge in [0.15, 0.2) is 0 Å². The van der Waals surface area contributed by atoms with Crippen LogP contribution in [-0.4, -0.2) is 50.6 Å². The molecule has 0 aromatic carbocycles. The van der Waals surface area contributed by atoms with Crippen LogP contribution in [0.4, 0.5) is 0 Å². The zero-order valence-corrected chi connectivity index (χ0v) is 11.4. The third kappa shape index (κ3) is 2.61. The Labute approximate surface area is 121 Å². The van der Waals surface area contributed by atoms with Crippen LogP contribution < -0.4 is 0 Å². The van der Waals surface area contributed by atoms with Gasteiger partial charge in [-0.2, -0.15) is 0 Å². The van der Waals surface area contributed by atoms with E-state index in [1.807, 2.05) is 12.2 Å². The van der Waals surface area contributed by atoms with E-state index in [0.29, 0.717) is 24.4 Å². The number of hydrogen-bond acceptors (Lipinski definition) is 6. The number of ether oxygens (including phenoxy) is 4. The molecule has 2 fully saturated rings. The summed E-state index contributed by atoms with van der Waals surface area (Å²) in [4.78, 5) is 24.5. The van der Waals surface area contributed by atoms with Crippen LogP contribution in [0.25, 0.3) is 0 Å². The first kappa shape index (κ1) is 13.0. The van der Waals surface area contributed by atoms with Gasteiger partial charge in [-0.15, -0.1) is 0 Å². The lowest BCUT2D eigenvalue weighted by atomic mass is 9.97. The van der Waals surface area contributed by atoms with Crippen LogP contribution in [0.15, 0.2) is 23.3 Å². The Kier molecular flexibility index (Phi) is 3.08. The molecule has 2 aliphatic heterocycles. The number of rotatable bonds is 6. The summed E-state index contributed by atoms with van der Waals surface area (Å²) < 4.78 is 20.5. The van der Waals surface area contributed by atoms with Crippen molar-refractivity contribution in [2.45, 2.75) is 18.6 Å². The molecule has 0 N–H and O–H groups in total. The SMILES string of the molecule is O=C(OCC1CO1)C1=C(C(=O)OCC2CO2)C2C=CC1C2. The molecule has 2 bridgehead atoms. The Morgan fingerprint density at radius 2 is 1.38 bits per heavy atom. The highest BCUT2D eigenvalue weighted by atomic mass is 16.6. The van der Waals surface area contributed by atoms with Gasteiger partial charge in [0.1, 0.15) is 25.4 Å². The van der Waals surface area contributed by atoms with E-state index < -0.39 is 11.9 Å². The van der Waals surface area contributed by atoms with Crippen molar-refractivity contribution in [3.05, 3.63) is 23.3 Å². The maximum absolute atomic E-state index is 12.2. The summed E-state index contributed by atoms with van der Waals surface area (Å²) in [5.41, 5.74) is 0.926. The van der Waals surface area contributed by atoms with E-state index in [2.05, 4.69) is 0 Å². The van der Waals surface area contributed by atoms with Gasteiger partial charge in [0.05, 0.1) is 24.4 Å². The van der Waals surface area contributed by atoms with Crippen molar-refractivity contribution in [1.82, 2.24) is 0 Å². The highest BCUT2D eigenvalue weighted by Gasteiger charge is 2.43. The van der Waals surface area contributed by atoms with Crippen molar-refractivity contribution in [3.63, 3.8) is 0 Å². The molecule has 4 unspecified atom stereocenters. The number of fused-ring (bicyclic) bond motifs is 2. The topological polar surface area (TPSA) is 77.7 Å². The summed E-state index contributed by atoms with van der Waals surface area (Å²) in [5, 5.41) is 0. The van der Waals surface area contributed by atoms with Crippen LogP contribution in [0.5, 0.6) is 0 Å². The van der Waals surface area contributed by atoms with E-state index in [-0.39, 0.29) is 37.3 Å². The summed E-state index contributed by atoms with van der Waals surface area (Å²) in [6, 6.07) is 0. The maximum atomic E-state index is 12.2. The minimum absolute atomic E-state index is 0.0195. The van der Waals surface area contributed by atoms with Crippen molar-refractivity contribution >= 4 is 11.9 Å². The first-order valence-electron chi connectivity index (χ1n) is 7.22. The van der Waals surface area contributed by atoms with Crippen LogP contribution in [0.3, 0.4) is 0 Å². The number of allylic oxidation sites excluding steroid dienone is 2. The quantitative estimate of drug-likeness (QED) is 0.400. The Bertz CT molecular complexity index is 494. The van der Waals surface area contributed by atoms with Gasteiger partial charge >= 0.3 is 11.9 Å². The van der Waals surface area contributed by atoms with E-state index >= 15 is 0 Å². The second-order valence-corrected chi connectivity index (χ2v) is 5.77. The molecule has 6 heteroatoms. The minimum atomic E-state index is -0.419. The molecule has 0 aromatic rings. The van der Waals surface area contributed by atoms with E-state index in [4.69, 9.17) is 18.9 Å². The molecule has 4 rings (SSSR count). The average Bonchev–Trinajstić information content (AvgIpc) is 3.41. The molecule has 4 atom stereocenters. The predicted octanol–water partition coefficient (Wildman–Crippen LogP) is 0.373. The fourth-order valence-corrected chi connectivity index (χ4v) is 2.87. The molecule has 6 nitrogen and oxygen atoms in total. The van der Waals surface area contributed by atoms with Gasteiger partial charge in [0.2, 0.25) is 0 Å². The highest BCUT2D eigenvalue weighted by molar-refractivity contribution is 6.03. The molecule has 2 saturated heterocycles. The third-order valence-electron chi connectivity index (χ3n) is 4.16. The van der Waals surface area contributed by atoms with Crippen molar-refractivity contribution in [2.24, 2.45) is 11.8 Å². The van der Waals surface area contributed by atoms with Crippen molar-refractivity contribution in [2.75, 3.05) is 26.4 Å². The summed E-state index contributed by atoms with van der Waals surface area (Å²) in [6.45, 7) is 1.77. The molecule has 0 amide bonds. The number of hydrogen-bond donors (Lipinski definition) is 0. The van der Waals surface area contributed by atoms with Crippen molar-refractivity contribution in [1.29, 1.82) is 0 Å². The van der Waals surface area contributed by atoms with Crippen LogP contribution in [0, 0.1) is 11.8 Å². The molecule has 4 aliphatic rings. The maximum Gasteiger partial charge on any atom is 0.335 e. The molecule has 0 aromatic heterocycles. The smallest absolute Gasteiger partial charge is 0.335 e. The fourth-order valence-electron chi connectivity index (χ4n) is 2.87. The summed E-state index contributed by atoms with van der Waals surface area (Å²) in [7, 11) is 0. The number of epoxide rings is 2. The first-order chi connectivity index (χ1) is 10.2. The number of esters is 2. The molecule has 0 radical (unpaired) electrons. The Balaban J connectivity index is 1.47. The van der Waals surface area contributed by atoms with Gasteiger partial charge in [-0.05, 0) is 6.42 Å². The molecular weight excluding hydrogens is 276 g/mol. The van der Waals surface area contributed by atoms with Gasteiger partial charge in [0.25, 0.3) is 0 Å². The summed E-state index contributed by atoms with van der Waals surface area (Å²) in [5.74, 6) is -0.890. The van der Waals surface area contributed by atoms with Crippen LogP contribution in [0.2, 0.25) is 0 Å². The van der Waals surface area contributed by atoms with Gasteiger partial charge in [-0.25, -0.2) is 9.59 Å². The molecule has 0 spiro atoms. The monoisotopic (exact) mass is 292 g/mol. The Hall–Kier alpha value is -1.66.